The van der Waals surface area contributed by atoms with E-state index < -0.39 is 0 Å². The molecule has 1 aromatic carbocycles. The molecule has 0 aliphatic heterocycles. The molecule has 0 radical (unpaired) electrons. The predicted octanol–water partition coefficient (Wildman–Crippen LogP) is 3.09. The zero-order chi connectivity index (χ0) is 11.4. The van der Waals surface area contributed by atoms with E-state index in [1.54, 1.807) is 24.4 Å². The van der Waals surface area contributed by atoms with Crippen molar-refractivity contribution in [2.45, 2.75) is 0 Å². The molecule has 0 amide bonds. The number of benzene rings is 1. The number of anilines is 2. The maximum atomic E-state index is 13.3. The topological polar surface area (TPSA) is 37.0 Å². The fourth-order valence-corrected chi connectivity index (χ4v) is 1.90. The summed E-state index contributed by atoms with van der Waals surface area (Å²) >= 11 is 6.44. The SMILES string of the molecule is Fc1ccccc1NC(=S)Nc1nccs1. The summed E-state index contributed by atoms with van der Waals surface area (Å²) in [5.74, 6) is -0.342. The highest BCUT2D eigenvalue weighted by atomic mass is 32.1. The van der Waals surface area contributed by atoms with Gasteiger partial charge in [0, 0.05) is 11.6 Å². The van der Waals surface area contributed by atoms with Crippen molar-refractivity contribution in [2.75, 3.05) is 10.6 Å². The summed E-state index contributed by atoms with van der Waals surface area (Å²) in [6, 6.07) is 6.34. The predicted molar refractivity (Wildman–Crippen MR) is 68.4 cm³/mol. The van der Waals surface area contributed by atoms with E-state index in [-0.39, 0.29) is 5.82 Å². The molecule has 2 aromatic rings. The Bertz CT molecular complexity index is 485. The molecule has 2 rings (SSSR count). The smallest absolute Gasteiger partial charge is 0.188 e. The van der Waals surface area contributed by atoms with Crippen LogP contribution in [0.2, 0.25) is 0 Å². The molecule has 0 saturated heterocycles. The van der Waals surface area contributed by atoms with E-state index in [0.29, 0.717) is 15.9 Å². The summed E-state index contributed by atoms with van der Waals surface area (Å²) in [7, 11) is 0. The molecule has 82 valence electrons. The Balaban J connectivity index is 2.00. The molecule has 0 aliphatic rings. The van der Waals surface area contributed by atoms with Gasteiger partial charge in [0.05, 0.1) is 5.69 Å². The lowest BCUT2D eigenvalue weighted by atomic mass is 10.3. The maximum absolute atomic E-state index is 13.3. The second-order valence-corrected chi connectivity index (χ2v) is 4.20. The Morgan fingerprint density at radius 1 is 1.31 bits per heavy atom. The lowest BCUT2D eigenvalue weighted by Crippen LogP contribution is -2.19. The maximum Gasteiger partial charge on any atom is 0.188 e. The largest absolute Gasteiger partial charge is 0.330 e. The van der Waals surface area contributed by atoms with Crippen LogP contribution in [0.15, 0.2) is 35.8 Å². The summed E-state index contributed by atoms with van der Waals surface area (Å²) in [6.45, 7) is 0. The first-order valence-electron chi connectivity index (χ1n) is 4.48. The number of halogens is 1. The first-order valence-corrected chi connectivity index (χ1v) is 5.76. The first kappa shape index (κ1) is 11.0. The van der Waals surface area contributed by atoms with E-state index in [2.05, 4.69) is 15.6 Å². The average molecular weight is 253 g/mol. The number of rotatable bonds is 2. The third-order valence-electron chi connectivity index (χ3n) is 1.77. The molecule has 0 fully saturated rings. The Morgan fingerprint density at radius 2 is 2.12 bits per heavy atom. The van der Waals surface area contributed by atoms with Crippen molar-refractivity contribution in [2.24, 2.45) is 0 Å². The standard InChI is InChI=1S/C10H8FN3S2/c11-7-3-1-2-4-8(7)13-9(15)14-10-12-5-6-16-10/h1-6H,(H2,12,13,14,15). The van der Waals surface area contributed by atoms with Crippen LogP contribution < -0.4 is 10.6 Å². The number of aromatic nitrogens is 1. The summed E-state index contributed by atoms with van der Waals surface area (Å²) in [4.78, 5) is 4.01. The number of nitrogens with zero attached hydrogens (tertiary/aromatic N) is 1. The highest BCUT2D eigenvalue weighted by Gasteiger charge is 2.03. The second-order valence-electron chi connectivity index (χ2n) is 2.90. The molecule has 0 aliphatic carbocycles. The summed E-state index contributed by atoms with van der Waals surface area (Å²) in [5, 5.41) is 8.44. The van der Waals surface area contributed by atoms with Crippen molar-refractivity contribution in [3.05, 3.63) is 41.7 Å². The van der Waals surface area contributed by atoms with E-state index in [1.165, 1.54) is 17.4 Å². The summed E-state index contributed by atoms with van der Waals surface area (Å²) < 4.78 is 13.3. The van der Waals surface area contributed by atoms with Gasteiger partial charge in [-0.3, -0.25) is 0 Å². The van der Waals surface area contributed by atoms with Crippen LogP contribution in [0, 0.1) is 5.82 Å². The van der Waals surface area contributed by atoms with E-state index >= 15 is 0 Å². The van der Waals surface area contributed by atoms with Gasteiger partial charge >= 0.3 is 0 Å². The van der Waals surface area contributed by atoms with Gasteiger partial charge < -0.3 is 10.6 Å². The Morgan fingerprint density at radius 3 is 2.81 bits per heavy atom. The van der Waals surface area contributed by atoms with Crippen molar-refractivity contribution < 1.29 is 4.39 Å². The van der Waals surface area contributed by atoms with Gasteiger partial charge in [-0.1, -0.05) is 12.1 Å². The lowest BCUT2D eigenvalue weighted by Gasteiger charge is -2.08. The first-order chi connectivity index (χ1) is 7.75. The molecule has 1 aromatic heterocycles. The number of thiocarbonyl (C=S) groups is 1. The number of hydrogen-bond donors (Lipinski definition) is 2. The third kappa shape index (κ3) is 2.74. The quantitative estimate of drug-likeness (QED) is 0.806. The molecule has 16 heavy (non-hydrogen) atoms. The molecule has 0 unspecified atom stereocenters. The van der Waals surface area contributed by atoms with Crippen molar-refractivity contribution in [1.82, 2.24) is 4.98 Å². The molecule has 0 atom stereocenters. The van der Waals surface area contributed by atoms with Crippen LogP contribution in [0.25, 0.3) is 0 Å². The molecule has 0 bridgehead atoms. The number of hydrogen-bond acceptors (Lipinski definition) is 3. The minimum atomic E-state index is -0.342. The fourth-order valence-electron chi connectivity index (χ4n) is 1.10. The summed E-state index contributed by atoms with van der Waals surface area (Å²) in [5.41, 5.74) is 0.344. The van der Waals surface area contributed by atoms with E-state index in [4.69, 9.17) is 12.2 Å². The number of thiazole rings is 1. The third-order valence-corrected chi connectivity index (χ3v) is 2.67. The zero-order valence-electron chi connectivity index (χ0n) is 8.11. The van der Waals surface area contributed by atoms with Gasteiger partial charge in [0.25, 0.3) is 0 Å². The van der Waals surface area contributed by atoms with Crippen LogP contribution in [0.1, 0.15) is 0 Å². The van der Waals surface area contributed by atoms with Crippen LogP contribution in [0.4, 0.5) is 15.2 Å². The molecule has 2 N–H and O–H groups in total. The van der Waals surface area contributed by atoms with Gasteiger partial charge in [0.15, 0.2) is 10.2 Å². The van der Waals surface area contributed by atoms with E-state index in [0.717, 1.165) is 0 Å². The van der Waals surface area contributed by atoms with Crippen LogP contribution in [-0.4, -0.2) is 10.1 Å². The minimum absolute atomic E-state index is 0.319. The monoisotopic (exact) mass is 253 g/mol. The van der Waals surface area contributed by atoms with E-state index in [9.17, 15) is 4.39 Å². The Hall–Kier alpha value is -1.53. The average Bonchev–Trinajstić information content (AvgIpc) is 2.74. The van der Waals surface area contributed by atoms with Crippen LogP contribution >= 0.6 is 23.6 Å². The van der Waals surface area contributed by atoms with Crippen molar-refractivity contribution >= 4 is 39.5 Å². The van der Waals surface area contributed by atoms with Gasteiger partial charge in [0.2, 0.25) is 0 Å². The van der Waals surface area contributed by atoms with Gasteiger partial charge in [-0.25, -0.2) is 9.37 Å². The van der Waals surface area contributed by atoms with Crippen LogP contribution in [-0.2, 0) is 0 Å². The highest BCUT2D eigenvalue weighted by molar-refractivity contribution is 7.80. The minimum Gasteiger partial charge on any atom is -0.330 e. The molecular formula is C10H8FN3S2. The van der Waals surface area contributed by atoms with Gasteiger partial charge in [-0.2, -0.15) is 0 Å². The summed E-state index contributed by atoms with van der Waals surface area (Å²) in [6.07, 6.45) is 1.67. The molecule has 0 spiro atoms. The Kier molecular flexibility index (Phi) is 3.43. The Labute approximate surface area is 101 Å². The number of nitrogens with one attached hydrogen (secondary N) is 2. The van der Waals surface area contributed by atoms with Crippen LogP contribution in [0.3, 0.4) is 0 Å². The highest BCUT2D eigenvalue weighted by Crippen LogP contribution is 2.14. The molecule has 6 heteroatoms. The molecule has 0 saturated carbocycles. The molecule has 3 nitrogen and oxygen atoms in total. The van der Waals surface area contributed by atoms with Gasteiger partial charge in [0.1, 0.15) is 5.82 Å². The number of para-hydroxylation sites is 1. The normalized spacial score (nSPS) is 9.81. The molecule has 1 heterocycles. The lowest BCUT2D eigenvalue weighted by molar-refractivity contribution is 0.632. The van der Waals surface area contributed by atoms with Gasteiger partial charge in [-0.15, -0.1) is 11.3 Å². The van der Waals surface area contributed by atoms with Crippen molar-refractivity contribution in [1.29, 1.82) is 0 Å². The zero-order valence-corrected chi connectivity index (χ0v) is 9.74. The van der Waals surface area contributed by atoms with E-state index in [1.807, 2.05) is 5.38 Å². The fraction of sp³-hybridized carbons (Fsp3) is 0. The van der Waals surface area contributed by atoms with Crippen LogP contribution in [0.5, 0.6) is 0 Å². The molecular weight excluding hydrogens is 245 g/mol. The second kappa shape index (κ2) is 5.00. The van der Waals surface area contributed by atoms with Gasteiger partial charge in [-0.05, 0) is 24.4 Å². The van der Waals surface area contributed by atoms with Crippen molar-refractivity contribution in [3.8, 4) is 0 Å². The van der Waals surface area contributed by atoms with Crippen molar-refractivity contribution in [3.63, 3.8) is 0 Å².